The summed E-state index contributed by atoms with van der Waals surface area (Å²) >= 11 is 0. The maximum Gasteiger partial charge on any atom is 0.253 e. The lowest BCUT2D eigenvalue weighted by Crippen LogP contribution is -2.27. The lowest BCUT2D eigenvalue weighted by atomic mass is 10.1. The fourth-order valence-electron chi connectivity index (χ4n) is 2.24. The van der Waals surface area contributed by atoms with Gasteiger partial charge in [0.2, 0.25) is 0 Å². The third kappa shape index (κ3) is 3.54. The van der Waals surface area contributed by atoms with Gasteiger partial charge >= 0.3 is 0 Å². The summed E-state index contributed by atoms with van der Waals surface area (Å²) in [5.41, 5.74) is 1.52. The summed E-state index contributed by atoms with van der Waals surface area (Å²) < 4.78 is 14.7. The molecule has 0 atom stereocenters. The van der Waals surface area contributed by atoms with Gasteiger partial charge in [0.1, 0.15) is 17.9 Å². The maximum absolute atomic E-state index is 13.5. The Morgan fingerprint density at radius 3 is 2.71 bits per heavy atom. The second kappa shape index (κ2) is 6.86. The molecule has 0 unspecified atom stereocenters. The Morgan fingerprint density at radius 1 is 1.21 bits per heavy atom. The van der Waals surface area contributed by atoms with Gasteiger partial charge in [0.25, 0.3) is 5.91 Å². The fraction of sp³-hybridized carbons (Fsp3) is 0.125. The first-order chi connectivity index (χ1) is 11.6. The number of nitrogens with one attached hydrogen (secondary N) is 1. The highest BCUT2D eigenvalue weighted by atomic mass is 19.1. The predicted octanol–water partition coefficient (Wildman–Crippen LogP) is 1.48. The quantitative estimate of drug-likeness (QED) is 0.740. The van der Waals surface area contributed by atoms with Crippen LogP contribution in [0.1, 0.15) is 15.9 Å². The topological polar surface area (TPSA) is 92.9 Å². The summed E-state index contributed by atoms with van der Waals surface area (Å²) in [5, 5.41) is 22.7. The van der Waals surface area contributed by atoms with Crippen molar-refractivity contribution in [1.82, 2.24) is 25.5 Å². The second-order valence-corrected chi connectivity index (χ2v) is 5.09. The first kappa shape index (κ1) is 15.6. The van der Waals surface area contributed by atoms with Crippen LogP contribution < -0.4 is 5.32 Å². The molecule has 0 bridgehead atoms. The van der Waals surface area contributed by atoms with Gasteiger partial charge in [-0.25, -0.2) is 4.39 Å². The van der Waals surface area contributed by atoms with Crippen LogP contribution in [0.4, 0.5) is 4.39 Å². The van der Waals surface area contributed by atoms with E-state index < -0.39 is 5.82 Å². The van der Waals surface area contributed by atoms with Gasteiger partial charge in [-0.05, 0) is 46.7 Å². The Hall–Kier alpha value is -3.29. The highest BCUT2D eigenvalue weighted by Gasteiger charge is 2.14. The van der Waals surface area contributed by atoms with Crippen molar-refractivity contribution in [2.24, 2.45) is 0 Å². The van der Waals surface area contributed by atoms with Crippen molar-refractivity contribution in [2.75, 3.05) is 6.54 Å². The highest BCUT2D eigenvalue weighted by Crippen LogP contribution is 2.15. The molecule has 2 N–H and O–H groups in total. The zero-order valence-electron chi connectivity index (χ0n) is 12.6. The Bertz CT molecular complexity index is 834. The Labute approximate surface area is 136 Å². The zero-order chi connectivity index (χ0) is 16.9. The summed E-state index contributed by atoms with van der Waals surface area (Å²) in [4.78, 5) is 12.4. The normalized spacial score (nSPS) is 10.5. The molecule has 3 rings (SSSR count). The van der Waals surface area contributed by atoms with E-state index in [2.05, 4.69) is 20.8 Å². The molecular weight excluding hydrogens is 313 g/mol. The molecule has 0 aliphatic rings. The number of amides is 1. The largest absolute Gasteiger partial charge is 0.508 e. The molecule has 0 saturated heterocycles. The molecule has 0 fully saturated rings. The number of rotatable bonds is 5. The van der Waals surface area contributed by atoms with E-state index in [1.807, 2.05) is 0 Å². The standard InChI is InChI=1S/C16H14FN5O2/c17-12-3-6-14(15(9-12)22-10-19-20-21-22)16(24)18-8-7-11-1-4-13(23)5-2-11/h1-6,9-10,23H,7-8H2,(H,18,24). The lowest BCUT2D eigenvalue weighted by Gasteiger charge is -2.10. The minimum Gasteiger partial charge on any atom is -0.508 e. The van der Waals surface area contributed by atoms with Gasteiger partial charge in [-0.3, -0.25) is 4.79 Å². The summed E-state index contributed by atoms with van der Waals surface area (Å²) in [6, 6.07) is 10.5. The molecule has 1 amide bonds. The number of carbonyl (C=O) groups excluding carboxylic acids is 1. The number of hydrogen-bond donors (Lipinski definition) is 2. The SMILES string of the molecule is O=C(NCCc1ccc(O)cc1)c1ccc(F)cc1-n1cnnn1. The number of benzene rings is 2. The van der Waals surface area contributed by atoms with Gasteiger partial charge in [-0.2, -0.15) is 4.68 Å². The average Bonchev–Trinajstić information content (AvgIpc) is 3.11. The van der Waals surface area contributed by atoms with E-state index >= 15 is 0 Å². The molecule has 0 aliphatic heterocycles. The number of aromatic hydroxyl groups is 1. The number of tetrazole rings is 1. The summed E-state index contributed by atoms with van der Waals surface area (Å²) in [6.45, 7) is 0.399. The summed E-state index contributed by atoms with van der Waals surface area (Å²) in [5.74, 6) is -0.638. The molecule has 122 valence electrons. The second-order valence-electron chi connectivity index (χ2n) is 5.09. The van der Waals surface area contributed by atoms with Gasteiger partial charge in [0.15, 0.2) is 0 Å². The molecule has 1 heterocycles. The first-order valence-corrected chi connectivity index (χ1v) is 7.22. The molecule has 0 spiro atoms. The molecule has 3 aromatic rings. The maximum atomic E-state index is 13.5. The monoisotopic (exact) mass is 327 g/mol. The van der Waals surface area contributed by atoms with Crippen LogP contribution >= 0.6 is 0 Å². The van der Waals surface area contributed by atoms with E-state index in [0.29, 0.717) is 13.0 Å². The van der Waals surface area contributed by atoms with Crippen LogP contribution in [-0.2, 0) is 6.42 Å². The third-order valence-electron chi connectivity index (χ3n) is 3.44. The number of phenolic OH excluding ortho intramolecular Hbond substituents is 1. The molecule has 8 heteroatoms. The molecule has 2 aromatic carbocycles. The van der Waals surface area contributed by atoms with Crippen LogP contribution in [0.25, 0.3) is 5.69 Å². The van der Waals surface area contributed by atoms with E-state index in [4.69, 9.17) is 0 Å². The number of phenols is 1. The van der Waals surface area contributed by atoms with Crippen LogP contribution in [0.5, 0.6) is 5.75 Å². The lowest BCUT2D eigenvalue weighted by molar-refractivity contribution is 0.0954. The number of nitrogens with zero attached hydrogens (tertiary/aromatic N) is 4. The van der Waals surface area contributed by atoms with Gasteiger partial charge in [-0.15, -0.1) is 5.10 Å². The number of carbonyl (C=O) groups is 1. The Kier molecular flexibility index (Phi) is 4.46. The van der Waals surface area contributed by atoms with Crippen molar-refractivity contribution in [3.8, 4) is 11.4 Å². The van der Waals surface area contributed by atoms with Gasteiger partial charge in [-0.1, -0.05) is 12.1 Å². The molecular formula is C16H14FN5O2. The number of halogens is 1. The van der Waals surface area contributed by atoms with Crippen molar-refractivity contribution >= 4 is 5.91 Å². The van der Waals surface area contributed by atoms with Crippen LogP contribution in [0.15, 0.2) is 48.8 Å². The molecule has 1 aromatic heterocycles. The van der Waals surface area contributed by atoms with Crippen LogP contribution in [0.2, 0.25) is 0 Å². The van der Waals surface area contributed by atoms with Crippen molar-refractivity contribution < 1.29 is 14.3 Å². The predicted molar refractivity (Wildman–Crippen MR) is 83.3 cm³/mol. The van der Waals surface area contributed by atoms with Crippen molar-refractivity contribution in [2.45, 2.75) is 6.42 Å². The molecule has 0 aliphatic carbocycles. The van der Waals surface area contributed by atoms with E-state index in [1.165, 1.54) is 29.2 Å². The van der Waals surface area contributed by atoms with Gasteiger partial charge < -0.3 is 10.4 Å². The summed E-state index contributed by atoms with van der Waals surface area (Å²) in [7, 11) is 0. The van der Waals surface area contributed by atoms with Crippen molar-refractivity contribution in [3.63, 3.8) is 0 Å². The Morgan fingerprint density at radius 2 is 2.00 bits per heavy atom. The van der Waals surface area contributed by atoms with Crippen LogP contribution in [-0.4, -0.2) is 37.8 Å². The van der Waals surface area contributed by atoms with Crippen LogP contribution in [0, 0.1) is 5.82 Å². The fourth-order valence-corrected chi connectivity index (χ4v) is 2.24. The van der Waals surface area contributed by atoms with E-state index in [9.17, 15) is 14.3 Å². The van der Waals surface area contributed by atoms with Crippen LogP contribution in [0.3, 0.4) is 0 Å². The van der Waals surface area contributed by atoms with Crippen molar-refractivity contribution in [3.05, 3.63) is 65.7 Å². The van der Waals surface area contributed by atoms with Gasteiger partial charge in [0.05, 0.1) is 11.3 Å². The zero-order valence-corrected chi connectivity index (χ0v) is 12.6. The molecule has 24 heavy (non-hydrogen) atoms. The number of aromatic nitrogens is 4. The first-order valence-electron chi connectivity index (χ1n) is 7.22. The highest BCUT2D eigenvalue weighted by molar-refractivity contribution is 5.97. The summed E-state index contributed by atoms with van der Waals surface area (Å²) in [6.07, 6.45) is 1.90. The molecule has 7 nitrogen and oxygen atoms in total. The average molecular weight is 327 g/mol. The molecule has 0 radical (unpaired) electrons. The van der Waals surface area contributed by atoms with E-state index in [-0.39, 0.29) is 22.9 Å². The van der Waals surface area contributed by atoms with E-state index in [0.717, 1.165) is 5.56 Å². The minimum atomic E-state index is -0.485. The smallest absolute Gasteiger partial charge is 0.253 e. The Balaban J connectivity index is 1.70. The number of hydrogen-bond acceptors (Lipinski definition) is 5. The third-order valence-corrected chi connectivity index (χ3v) is 3.44. The van der Waals surface area contributed by atoms with Crippen molar-refractivity contribution in [1.29, 1.82) is 0 Å². The van der Waals surface area contributed by atoms with Gasteiger partial charge in [0, 0.05) is 12.6 Å². The molecule has 0 saturated carbocycles. The minimum absolute atomic E-state index is 0.195. The van der Waals surface area contributed by atoms with E-state index in [1.54, 1.807) is 24.3 Å².